The van der Waals surface area contributed by atoms with E-state index in [2.05, 4.69) is 4.98 Å². The van der Waals surface area contributed by atoms with Gasteiger partial charge in [-0.3, -0.25) is 9.78 Å². The fourth-order valence-electron chi connectivity index (χ4n) is 3.30. The van der Waals surface area contributed by atoms with Gasteiger partial charge in [0.2, 0.25) is 0 Å². The van der Waals surface area contributed by atoms with Gasteiger partial charge in [-0.1, -0.05) is 24.3 Å². The van der Waals surface area contributed by atoms with Crippen LogP contribution >= 0.6 is 0 Å². The molecule has 0 bridgehead atoms. The third kappa shape index (κ3) is 2.42. The number of pyridine rings is 1. The molecule has 1 aliphatic rings. The van der Waals surface area contributed by atoms with Crippen molar-refractivity contribution in [2.24, 2.45) is 0 Å². The second-order valence-corrected chi connectivity index (χ2v) is 5.59. The zero-order valence-electron chi connectivity index (χ0n) is 11.6. The predicted octanol–water partition coefficient (Wildman–Crippen LogP) is 3.12. The first-order chi connectivity index (χ1) is 10.1. The van der Waals surface area contributed by atoms with Crippen molar-refractivity contribution in [3.63, 3.8) is 0 Å². The molecule has 1 aromatic carbocycles. The average molecular weight is 285 g/mol. The molecular formula is C17H16FNO2. The maximum atomic E-state index is 13.3. The van der Waals surface area contributed by atoms with Gasteiger partial charge in [0.1, 0.15) is 5.82 Å². The Bertz CT molecular complexity index is 686. The van der Waals surface area contributed by atoms with Crippen molar-refractivity contribution in [2.75, 3.05) is 0 Å². The highest BCUT2D eigenvalue weighted by atomic mass is 19.1. The van der Waals surface area contributed by atoms with Gasteiger partial charge in [0, 0.05) is 6.20 Å². The highest BCUT2D eigenvalue weighted by Gasteiger charge is 2.43. The van der Waals surface area contributed by atoms with E-state index in [0.29, 0.717) is 12.0 Å². The SMILES string of the molecule is O=C(O)C1(Cc2cncc(F)c2)CCCc2ccccc21. The molecule has 108 valence electrons. The van der Waals surface area contributed by atoms with Gasteiger partial charge in [-0.05, 0) is 48.4 Å². The fraction of sp³-hybridized carbons (Fsp3) is 0.294. The van der Waals surface area contributed by atoms with Crippen LogP contribution in [0, 0.1) is 5.82 Å². The summed E-state index contributed by atoms with van der Waals surface area (Å²) in [5.41, 5.74) is 1.57. The van der Waals surface area contributed by atoms with Crippen molar-refractivity contribution in [1.82, 2.24) is 4.98 Å². The Kier molecular flexibility index (Phi) is 3.45. The number of halogens is 1. The number of benzene rings is 1. The summed E-state index contributed by atoms with van der Waals surface area (Å²) in [6, 6.07) is 9.03. The monoisotopic (exact) mass is 285 g/mol. The van der Waals surface area contributed by atoms with E-state index in [1.165, 1.54) is 6.07 Å². The molecule has 1 N–H and O–H groups in total. The molecule has 21 heavy (non-hydrogen) atoms. The molecule has 1 heterocycles. The molecule has 0 radical (unpaired) electrons. The van der Waals surface area contributed by atoms with E-state index in [1.54, 1.807) is 6.20 Å². The van der Waals surface area contributed by atoms with Crippen LogP contribution in [0.2, 0.25) is 0 Å². The van der Waals surface area contributed by atoms with Gasteiger partial charge < -0.3 is 5.11 Å². The summed E-state index contributed by atoms with van der Waals surface area (Å²) in [7, 11) is 0. The van der Waals surface area contributed by atoms with Crippen molar-refractivity contribution in [1.29, 1.82) is 0 Å². The lowest BCUT2D eigenvalue weighted by Gasteiger charge is -2.35. The van der Waals surface area contributed by atoms with E-state index >= 15 is 0 Å². The topological polar surface area (TPSA) is 50.2 Å². The second-order valence-electron chi connectivity index (χ2n) is 5.59. The predicted molar refractivity (Wildman–Crippen MR) is 76.6 cm³/mol. The summed E-state index contributed by atoms with van der Waals surface area (Å²) in [6.45, 7) is 0. The first-order valence-electron chi connectivity index (χ1n) is 7.03. The van der Waals surface area contributed by atoms with E-state index in [0.717, 1.165) is 30.2 Å². The largest absolute Gasteiger partial charge is 0.481 e. The zero-order valence-corrected chi connectivity index (χ0v) is 11.6. The van der Waals surface area contributed by atoms with Crippen LogP contribution < -0.4 is 0 Å². The standard InChI is InChI=1S/C17H16FNO2/c18-14-8-12(10-19-11-14)9-17(16(20)21)7-3-5-13-4-1-2-6-15(13)17/h1-2,4,6,8,10-11H,3,5,7,9H2,(H,20,21). The van der Waals surface area contributed by atoms with Crippen LogP contribution in [0.4, 0.5) is 4.39 Å². The summed E-state index contributed by atoms with van der Waals surface area (Å²) in [5, 5.41) is 9.85. The third-order valence-electron chi connectivity index (χ3n) is 4.26. The Morgan fingerprint density at radius 1 is 1.33 bits per heavy atom. The lowest BCUT2D eigenvalue weighted by atomic mass is 9.67. The molecule has 0 saturated heterocycles. The number of fused-ring (bicyclic) bond motifs is 1. The first kappa shape index (κ1) is 13.7. The molecule has 2 aromatic rings. The summed E-state index contributed by atoms with van der Waals surface area (Å²) >= 11 is 0. The molecule has 0 saturated carbocycles. The molecule has 3 nitrogen and oxygen atoms in total. The highest BCUT2D eigenvalue weighted by Crippen LogP contribution is 2.40. The Balaban J connectivity index is 2.08. The number of aromatic nitrogens is 1. The molecule has 4 heteroatoms. The van der Waals surface area contributed by atoms with Crippen molar-refractivity contribution in [3.05, 3.63) is 65.2 Å². The number of rotatable bonds is 3. The molecular weight excluding hydrogens is 269 g/mol. The molecule has 1 atom stereocenters. The van der Waals surface area contributed by atoms with Crippen molar-refractivity contribution < 1.29 is 14.3 Å². The van der Waals surface area contributed by atoms with E-state index in [9.17, 15) is 14.3 Å². The quantitative estimate of drug-likeness (QED) is 0.942. The van der Waals surface area contributed by atoms with E-state index in [4.69, 9.17) is 0 Å². The highest BCUT2D eigenvalue weighted by molar-refractivity contribution is 5.83. The Morgan fingerprint density at radius 2 is 2.14 bits per heavy atom. The van der Waals surface area contributed by atoms with E-state index in [-0.39, 0.29) is 6.42 Å². The van der Waals surface area contributed by atoms with Gasteiger partial charge in [0.05, 0.1) is 11.6 Å². The van der Waals surface area contributed by atoms with Gasteiger partial charge >= 0.3 is 5.97 Å². The Labute approximate surface area is 122 Å². The molecule has 1 aromatic heterocycles. The molecule has 3 rings (SSSR count). The lowest BCUT2D eigenvalue weighted by molar-refractivity contribution is -0.144. The second kappa shape index (κ2) is 5.28. The Hall–Kier alpha value is -2.23. The van der Waals surface area contributed by atoms with Gasteiger partial charge in [0.15, 0.2) is 0 Å². The molecule has 0 amide bonds. The lowest BCUT2D eigenvalue weighted by Crippen LogP contribution is -2.41. The minimum Gasteiger partial charge on any atom is -0.481 e. The normalized spacial score (nSPS) is 20.8. The van der Waals surface area contributed by atoms with Gasteiger partial charge in [-0.2, -0.15) is 0 Å². The van der Waals surface area contributed by atoms with Gasteiger partial charge in [0.25, 0.3) is 0 Å². The number of nitrogens with zero attached hydrogens (tertiary/aromatic N) is 1. The first-order valence-corrected chi connectivity index (χ1v) is 7.03. The van der Waals surface area contributed by atoms with Gasteiger partial charge in [-0.15, -0.1) is 0 Å². The molecule has 0 aliphatic heterocycles. The van der Waals surface area contributed by atoms with Crippen molar-refractivity contribution in [2.45, 2.75) is 31.1 Å². The molecule has 0 fully saturated rings. The number of aryl methyl sites for hydroxylation is 1. The molecule has 0 spiro atoms. The maximum absolute atomic E-state index is 13.3. The number of aliphatic carboxylic acids is 1. The third-order valence-corrected chi connectivity index (χ3v) is 4.26. The van der Waals surface area contributed by atoms with Gasteiger partial charge in [-0.25, -0.2) is 4.39 Å². The van der Waals surface area contributed by atoms with Crippen LogP contribution in [0.15, 0.2) is 42.7 Å². The van der Waals surface area contributed by atoms with Crippen molar-refractivity contribution in [3.8, 4) is 0 Å². The smallest absolute Gasteiger partial charge is 0.314 e. The minimum atomic E-state index is -0.982. The summed E-state index contributed by atoms with van der Waals surface area (Å²) in [6.07, 6.45) is 5.23. The minimum absolute atomic E-state index is 0.268. The van der Waals surface area contributed by atoms with Crippen LogP contribution in [0.5, 0.6) is 0 Å². The fourth-order valence-corrected chi connectivity index (χ4v) is 3.30. The van der Waals surface area contributed by atoms with Crippen LogP contribution in [-0.2, 0) is 23.1 Å². The number of carboxylic acids is 1. The van der Waals surface area contributed by atoms with E-state index < -0.39 is 17.2 Å². The summed E-state index contributed by atoms with van der Waals surface area (Å²) in [4.78, 5) is 15.8. The van der Waals surface area contributed by atoms with Crippen LogP contribution in [0.1, 0.15) is 29.5 Å². The van der Waals surface area contributed by atoms with Crippen molar-refractivity contribution >= 4 is 5.97 Å². The number of carboxylic acid groups (broad SMARTS) is 1. The molecule has 1 aliphatic carbocycles. The average Bonchev–Trinajstić information content (AvgIpc) is 2.47. The van der Waals surface area contributed by atoms with Crippen LogP contribution in [0.25, 0.3) is 0 Å². The number of hydrogen-bond acceptors (Lipinski definition) is 2. The number of hydrogen-bond donors (Lipinski definition) is 1. The maximum Gasteiger partial charge on any atom is 0.314 e. The summed E-state index contributed by atoms with van der Waals surface area (Å²) < 4.78 is 13.3. The van der Waals surface area contributed by atoms with Crippen LogP contribution in [0.3, 0.4) is 0 Å². The summed E-state index contributed by atoms with van der Waals surface area (Å²) in [5.74, 6) is -1.28. The van der Waals surface area contributed by atoms with Crippen LogP contribution in [-0.4, -0.2) is 16.1 Å². The zero-order chi connectivity index (χ0) is 14.9. The van der Waals surface area contributed by atoms with E-state index in [1.807, 2.05) is 24.3 Å². The number of carbonyl (C=O) groups is 1. The Morgan fingerprint density at radius 3 is 2.90 bits per heavy atom. The molecule has 1 unspecified atom stereocenters.